The molecule has 0 amide bonds. The number of hydrogen-bond acceptors (Lipinski definition) is 4. The summed E-state index contributed by atoms with van der Waals surface area (Å²) in [5.41, 5.74) is 5.93. The van der Waals surface area contributed by atoms with Gasteiger partial charge in [0.05, 0.1) is 6.04 Å². The topological polar surface area (TPSA) is 64.9 Å². The van der Waals surface area contributed by atoms with E-state index in [0.29, 0.717) is 17.7 Å². The summed E-state index contributed by atoms with van der Waals surface area (Å²) >= 11 is 0. The fraction of sp³-hybridized carbons (Fsp3) is 0.800. The maximum atomic E-state index is 5.93. The van der Waals surface area contributed by atoms with Crippen molar-refractivity contribution in [1.82, 2.24) is 10.2 Å². The van der Waals surface area contributed by atoms with Crippen LogP contribution in [0.15, 0.2) is 4.42 Å². The Bertz CT molecular complexity index is 304. The summed E-state index contributed by atoms with van der Waals surface area (Å²) in [5, 5.41) is 8.00. The van der Waals surface area contributed by atoms with Crippen LogP contribution in [0.25, 0.3) is 0 Å². The van der Waals surface area contributed by atoms with Gasteiger partial charge < -0.3 is 10.2 Å². The number of nitrogens with zero attached hydrogens (tertiary/aromatic N) is 2. The minimum Gasteiger partial charge on any atom is -0.423 e. The fourth-order valence-electron chi connectivity index (χ4n) is 1.50. The summed E-state index contributed by atoms with van der Waals surface area (Å²) in [7, 11) is 0. The molecule has 1 unspecified atom stereocenters. The molecule has 1 fully saturated rings. The maximum absolute atomic E-state index is 5.93. The Kier molecular flexibility index (Phi) is 2.54. The van der Waals surface area contributed by atoms with Crippen LogP contribution in [0.4, 0.5) is 0 Å². The Morgan fingerprint density at radius 1 is 1.43 bits per heavy atom. The lowest BCUT2D eigenvalue weighted by Gasteiger charge is -2.08. The zero-order valence-corrected chi connectivity index (χ0v) is 8.73. The molecule has 0 radical (unpaired) electrons. The Morgan fingerprint density at radius 3 is 2.71 bits per heavy atom. The number of nitrogens with two attached hydrogens (primary N) is 1. The Balaban J connectivity index is 2.00. The molecule has 0 spiro atoms. The average molecular weight is 195 g/mol. The molecule has 2 N–H and O–H groups in total. The van der Waals surface area contributed by atoms with Gasteiger partial charge in [0.25, 0.3) is 0 Å². The predicted molar refractivity (Wildman–Crippen MR) is 52.7 cm³/mol. The highest BCUT2D eigenvalue weighted by molar-refractivity contribution is 5.01. The van der Waals surface area contributed by atoms with Gasteiger partial charge in [-0.05, 0) is 25.2 Å². The molecule has 78 valence electrons. The summed E-state index contributed by atoms with van der Waals surface area (Å²) < 4.78 is 5.52. The summed E-state index contributed by atoms with van der Waals surface area (Å²) in [6, 6.07) is -0.102. The largest absolute Gasteiger partial charge is 0.423 e. The second-order valence-corrected chi connectivity index (χ2v) is 4.49. The lowest BCUT2D eigenvalue weighted by atomic mass is 10.1. The monoisotopic (exact) mass is 195 g/mol. The number of hydrogen-bond donors (Lipinski definition) is 1. The fourth-order valence-corrected chi connectivity index (χ4v) is 1.50. The van der Waals surface area contributed by atoms with E-state index in [1.807, 2.05) is 0 Å². The first-order valence-electron chi connectivity index (χ1n) is 5.25. The Morgan fingerprint density at radius 2 is 2.14 bits per heavy atom. The van der Waals surface area contributed by atoms with Crippen molar-refractivity contribution in [2.45, 2.75) is 45.1 Å². The van der Waals surface area contributed by atoms with E-state index in [-0.39, 0.29) is 6.04 Å². The van der Waals surface area contributed by atoms with Crippen LogP contribution in [-0.2, 0) is 0 Å². The van der Waals surface area contributed by atoms with Crippen LogP contribution in [-0.4, -0.2) is 10.2 Å². The lowest BCUT2D eigenvalue weighted by Crippen LogP contribution is -2.13. The molecule has 0 bridgehead atoms. The second-order valence-electron chi connectivity index (χ2n) is 4.49. The van der Waals surface area contributed by atoms with Gasteiger partial charge in [0.15, 0.2) is 0 Å². The Hall–Kier alpha value is -0.900. The van der Waals surface area contributed by atoms with E-state index in [1.165, 1.54) is 12.8 Å². The van der Waals surface area contributed by atoms with Crippen molar-refractivity contribution >= 4 is 0 Å². The molecule has 1 aromatic rings. The minimum absolute atomic E-state index is 0.102. The van der Waals surface area contributed by atoms with E-state index < -0.39 is 0 Å². The van der Waals surface area contributed by atoms with Crippen LogP contribution in [0.2, 0.25) is 0 Å². The van der Waals surface area contributed by atoms with Gasteiger partial charge in [-0.25, -0.2) is 0 Å². The standard InChI is InChI=1S/C10H17N3O/c1-6(2)5-8(11)10-13-12-9(14-10)7-3-4-7/h6-8H,3-5,11H2,1-2H3. The molecule has 14 heavy (non-hydrogen) atoms. The summed E-state index contributed by atoms with van der Waals surface area (Å²) in [6.45, 7) is 4.27. The molecule has 1 heterocycles. The highest BCUT2D eigenvalue weighted by atomic mass is 16.4. The molecular weight excluding hydrogens is 178 g/mol. The third-order valence-corrected chi connectivity index (χ3v) is 2.43. The van der Waals surface area contributed by atoms with Gasteiger partial charge in [-0.15, -0.1) is 10.2 Å². The average Bonchev–Trinajstić information content (AvgIpc) is 2.82. The summed E-state index contributed by atoms with van der Waals surface area (Å²) in [6.07, 6.45) is 3.26. The first kappa shape index (κ1) is 9.65. The molecule has 0 aromatic carbocycles. The van der Waals surface area contributed by atoms with Crippen molar-refractivity contribution in [3.63, 3.8) is 0 Å². The smallest absolute Gasteiger partial charge is 0.233 e. The predicted octanol–water partition coefficient (Wildman–Crippen LogP) is 1.99. The summed E-state index contributed by atoms with van der Waals surface area (Å²) in [4.78, 5) is 0. The van der Waals surface area contributed by atoms with E-state index in [2.05, 4.69) is 24.0 Å². The molecule has 1 atom stereocenters. The van der Waals surface area contributed by atoms with Crippen LogP contribution in [0.3, 0.4) is 0 Å². The van der Waals surface area contributed by atoms with E-state index in [4.69, 9.17) is 10.2 Å². The number of rotatable bonds is 4. The molecule has 4 nitrogen and oxygen atoms in total. The molecule has 1 saturated carbocycles. The minimum atomic E-state index is -0.102. The van der Waals surface area contributed by atoms with Gasteiger partial charge in [0.1, 0.15) is 0 Å². The van der Waals surface area contributed by atoms with Gasteiger partial charge in [-0.3, -0.25) is 0 Å². The van der Waals surface area contributed by atoms with Gasteiger partial charge in [-0.2, -0.15) is 0 Å². The van der Waals surface area contributed by atoms with Gasteiger partial charge in [0.2, 0.25) is 11.8 Å². The molecule has 2 rings (SSSR count). The van der Waals surface area contributed by atoms with Gasteiger partial charge in [-0.1, -0.05) is 13.8 Å². The van der Waals surface area contributed by atoms with Crippen LogP contribution in [0.5, 0.6) is 0 Å². The molecule has 1 aromatic heterocycles. The van der Waals surface area contributed by atoms with Crippen molar-refractivity contribution in [3.05, 3.63) is 11.8 Å². The molecule has 4 heteroatoms. The summed E-state index contributed by atoms with van der Waals surface area (Å²) in [5.74, 6) is 2.45. The number of aromatic nitrogens is 2. The van der Waals surface area contributed by atoms with Crippen molar-refractivity contribution in [2.75, 3.05) is 0 Å². The van der Waals surface area contributed by atoms with Crippen molar-refractivity contribution < 1.29 is 4.42 Å². The van der Waals surface area contributed by atoms with E-state index >= 15 is 0 Å². The Labute approximate surface area is 83.9 Å². The molecular formula is C10H17N3O. The van der Waals surface area contributed by atoms with Crippen LogP contribution in [0.1, 0.15) is 56.9 Å². The maximum Gasteiger partial charge on any atom is 0.233 e. The van der Waals surface area contributed by atoms with Crippen LogP contribution in [0, 0.1) is 5.92 Å². The van der Waals surface area contributed by atoms with Crippen LogP contribution >= 0.6 is 0 Å². The van der Waals surface area contributed by atoms with E-state index in [0.717, 1.165) is 12.3 Å². The van der Waals surface area contributed by atoms with Gasteiger partial charge >= 0.3 is 0 Å². The highest BCUT2D eigenvalue weighted by Crippen LogP contribution is 2.39. The lowest BCUT2D eigenvalue weighted by molar-refractivity contribution is 0.384. The zero-order chi connectivity index (χ0) is 10.1. The normalized spacial score (nSPS) is 18.9. The highest BCUT2D eigenvalue weighted by Gasteiger charge is 2.30. The van der Waals surface area contributed by atoms with Crippen molar-refractivity contribution in [3.8, 4) is 0 Å². The molecule has 1 aliphatic rings. The molecule has 0 saturated heterocycles. The SMILES string of the molecule is CC(C)CC(N)c1nnc(C2CC2)o1. The molecule has 1 aliphatic carbocycles. The zero-order valence-electron chi connectivity index (χ0n) is 8.73. The van der Waals surface area contributed by atoms with Gasteiger partial charge in [0, 0.05) is 5.92 Å². The van der Waals surface area contributed by atoms with E-state index in [9.17, 15) is 0 Å². The first-order valence-corrected chi connectivity index (χ1v) is 5.25. The molecule has 0 aliphatic heterocycles. The quantitative estimate of drug-likeness (QED) is 0.798. The first-order chi connectivity index (χ1) is 6.66. The van der Waals surface area contributed by atoms with Crippen molar-refractivity contribution in [1.29, 1.82) is 0 Å². The van der Waals surface area contributed by atoms with E-state index in [1.54, 1.807) is 0 Å². The van der Waals surface area contributed by atoms with Crippen molar-refractivity contribution in [2.24, 2.45) is 11.7 Å². The third kappa shape index (κ3) is 2.12. The van der Waals surface area contributed by atoms with Crippen LogP contribution < -0.4 is 5.73 Å². The third-order valence-electron chi connectivity index (χ3n) is 2.43. The second kappa shape index (κ2) is 3.69.